The van der Waals surface area contributed by atoms with Crippen LogP contribution in [0.1, 0.15) is 16.1 Å². The van der Waals surface area contributed by atoms with Gasteiger partial charge in [0.05, 0.1) is 21.9 Å². The van der Waals surface area contributed by atoms with Crippen molar-refractivity contribution < 1.29 is 14.8 Å². The van der Waals surface area contributed by atoms with Crippen LogP contribution in [0.4, 0.5) is 11.4 Å². The Morgan fingerprint density at radius 3 is 2.48 bits per heavy atom. The van der Waals surface area contributed by atoms with Gasteiger partial charge in [0.1, 0.15) is 11.4 Å². The number of hydrogen-bond donors (Lipinski definition) is 2. The van der Waals surface area contributed by atoms with E-state index in [1.807, 2.05) is 6.07 Å². The summed E-state index contributed by atoms with van der Waals surface area (Å²) in [6.07, 6.45) is 0. The summed E-state index contributed by atoms with van der Waals surface area (Å²) in [4.78, 5) is 35.5. The lowest BCUT2D eigenvalue weighted by Gasteiger charge is -2.07. The number of carbonyl (C=O) groups is 1. The number of hydrogen-bond acceptors (Lipinski definition) is 5. The SMILES string of the molecule is Cc1c(NC(=O)c2cc([N+](=O)[O-])ccc2O)c(=O)n(-c2ccccc2)n1C. The third-order valence-electron chi connectivity index (χ3n) is 4.23. The van der Waals surface area contributed by atoms with Crippen molar-refractivity contribution in [2.75, 3.05) is 5.32 Å². The summed E-state index contributed by atoms with van der Waals surface area (Å²) in [6.45, 7) is 1.66. The number of aromatic nitrogens is 2. The molecule has 0 radical (unpaired) electrons. The summed E-state index contributed by atoms with van der Waals surface area (Å²) in [5, 5.41) is 23.2. The molecule has 2 N–H and O–H groups in total. The Morgan fingerprint density at radius 1 is 1.19 bits per heavy atom. The van der Waals surface area contributed by atoms with Gasteiger partial charge < -0.3 is 10.4 Å². The van der Waals surface area contributed by atoms with E-state index in [1.165, 1.54) is 4.68 Å². The molecule has 0 atom stereocenters. The van der Waals surface area contributed by atoms with Crippen LogP contribution in [-0.4, -0.2) is 25.3 Å². The summed E-state index contributed by atoms with van der Waals surface area (Å²) in [7, 11) is 1.67. The molecular weight excluding hydrogens is 352 g/mol. The topological polar surface area (TPSA) is 119 Å². The van der Waals surface area contributed by atoms with Crippen LogP contribution in [-0.2, 0) is 7.05 Å². The first-order valence-electron chi connectivity index (χ1n) is 7.94. The maximum atomic E-state index is 12.8. The van der Waals surface area contributed by atoms with E-state index >= 15 is 0 Å². The summed E-state index contributed by atoms with van der Waals surface area (Å²) in [5.74, 6) is -1.24. The Morgan fingerprint density at radius 2 is 1.85 bits per heavy atom. The summed E-state index contributed by atoms with van der Waals surface area (Å²) < 4.78 is 2.97. The number of nitro groups is 1. The van der Waals surface area contributed by atoms with Crippen molar-refractivity contribution in [1.82, 2.24) is 9.36 Å². The number of phenols is 1. The van der Waals surface area contributed by atoms with Gasteiger partial charge in [-0.25, -0.2) is 4.68 Å². The van der Waals surface area contributed by atoms with Crippen LogP contribution in [0.15, 0.2) is 53.3 Å². The van der Waals surface area contributed by atoms with Crippen molar-refractivity contribution in [1.29, 1.82) is 0 Å². The molecule has 9 heteroatoms. The van der Waals surface area contributed by atoms with Gasteiger partial charge in [0.15, 0.2) is 0 Å². The number of phenolic OH excluding ortho intramolecular Hbond substituents is 1. The van der Waals surface area contributed by atoms with Gasteiger partial charge >= 0.3 is 0 Å². The fourth-order valence-corrected chi connectivity index (χ4v) is 2.71. The maximum absolute atomic E-state index is 12.8. The zero-order valence-electron chi connectivity index (χ0n) is 14.5. The summed E-state index contributed by atoms with van der Waals surface area (Å²) in [5.41, 5.74) is 0.0354. The van der Waals surface area contributed by atoms with Gasteiger partial charge in [-0.05, 0) is 25.1 Å². The van der Waals surface area contributed by atoms with Crippen molar-refractivity contribution in [3.05, 3.63) is 80.3 Å². The molecule has 0 saturated heterocycles. The first kappa shape index (κ1) is 17.9. The van der Waals surface area contributed by atoms with Crippen LogP contribution in [0.25, 0.3) is 5.69 Å². The highest BCUT2D eigenvalue weighted by Gasteiger charge is 2.21. The summed E-state index contributed by atoms with van der Waals surface area (Å²) >= 11 is 0. The number of nitrogens with one attached hydrogen (secondary N) is 1. The molecule has 138 valence electrons. The standard InChI is InChI=1S/C18H16N4O5/c1-11-16(18(25)21(20(11)2)12-6-4-3-5-7-12)19-17(24)14-10-13(22(26)27)8-9-15(14)23/h3-10,23H,1-2H3,(H,19,24). The van der Waals surface area contributed by atoms with E-state index in [0.29, 0.717) is 11.4 Å². The normalized spacial score (nSPS) is 10.6. The Bertz CT molecular complexity index is 1100. The highest BCUT2D eigenvalue weighted by molar-refractivity contribution is 6.06. The van der Waals surface area contributed by atoms with Crippen LogP contribution in [0, 0.1) is 17.0 Å². The highest BCUT2D eigenvalue weighted by atomic mass is 16.6. The Labute approximate surface area is 153 Å². The van der Waals surface area contributed by atoms with E-state index in [9.17, 15) is 24.8 Å². The minimum atomic E-state index is -0.817. The van der Waals surface area contributed by atoms with Gasteiger partial charge in [-0.3, -0.25) is 24.4 Å². The number of carbonyl (C=O) groups excluding carboxylic acids is 1. The third kappa shape index (κ3) is 3.17. The third-order valence-corrected chi connectivity index (χ3v) is 4.23. The predicted molar refractivity (Wildman–Crippen MR) is 98.5 cm³/mol. The fraction of sp³-hybridized carbons (Fsp3) is 0.111. The van der Waals surface area contributed by atoms with Gasteiger partial charge in [-0.15, -0.1) is 0 Å². The number of anilines is 1. The predicted octanol–water partition coefficient (Wildman–Crippen LogP) is 2.35. The Balaban J connectivity index is 2.02. The van der Waals surface area contributed by atoms with Crippen LogP contribution < -0.4 is 10.9 Å². The zero-order valence-corrected chi connectivity index (χ0v) is 14.5. The molecular formula is C18H16N4O5. The number of non-ortho nitro benzene ring substituents is 1. The molecule has 9 nitrogen and oxygen atoms in total. The van der Waals surface area contributed by atoms with Crippen molar-refractivity contribution >= 4 is 17.3 Å². The minimum absolute atomic E-state index is 0.0252. The van der Waals surface area contributed by atoms with Gasteiger partial charge in [-0.1, -0.05) is 18.2 Å². The van der Waals surface area contributed by atoms with Gasteiger partial charge in [-0.2, -0.15) is 0 Å². The molecule has 0 aliphatic rings. The van der Waals surface area contributed by atoms with Crippen molar-refractivity contribution in [2.24, 2.45) is 7.05 Å². The van der Waals surface area contributed by atoms with Crippen molar-refractivity contribution in [2.45, 2.75) is 6.92 Å². The monoisotopic (exact) mass is 368 g/mol. The number of amides is 1. The number of nitrogens with zero attached hydrogens (tertiary/aromatic N) is 3. The van der Waals surface area contributed by atoms with E-state index in [2.05, 4.69) is 5.32 Å². The van der Waals surface area contributed by atoms with Crippen LogP contribution in [0.5, 0.6) is 5.75 Å². The van der Waals surface area contributed by atoms with E-state index in [4.69, 9.17) is 0 Å². The number of nitro benzene ring substituents is 1. The number of benzene rings is 2. The maximum Gasteiger partial charge on any atom is 0.295 e. The molecule has 0 spiro atoms. The average Bonchev–Trinajstić information content (AvgIpc) is 2.86. The van der Waals surface area contributed by atoms with Crippen LogP contribution in [0.2, 0.25) is 0 Å². The fourth-order valence-electron chi connectivity index (χ4n) is 2.71. The molecule has 27 heavy (non-hydrogen) atoms. The lowest BCUT2D eigenvalue weighted by molar-refractivity contribution is -0.384. The molecule has 0 aliphatic heterocycles. The second-order valence-electron chi connectivity index (χ2n) is 5.85. The molecule has 2 aromatic carbocycles. The van der Waals surface area contributed by atoms with Crippen molar-refractivity contribution in [3.63, 3.8) is 0 Å². The number of rotatable bonds is 4. The number of para-hydroxylation sites is 1. The van der Waals surface area contributed by atoms with E-state index < -0.39 is 22.1 Å². The minimum Gasteiger partial charge on any atom is -0.507 e. The summed E-state index contributed by atoms with van der Waals surface area (Å²) in [6, 6.07) is 12.0. The molecule has 0 fully saturated rings. The largest absolute Gasteiger partial charge is 0.507 e. The second-order valence-corrected chi connectivity index (χ2v) is 5.85. The lowest BCUT2D eigenvalue weighted by Crippen LogP contribution is -2.23. The van der Waals surface area contributed by atoms with E-state index in [1.54, 1.807) is 42.9 Å². The quantitative estimate of drug-likeness (QED) is 0.541. The number of aromatic hydroxyl groups is 1. The molecule has 1 aromatic heterocycles. The molecule has 1 heterocycles. The van der Waals surface area contributed by atoms with E-state index in [0.717, 1.165) is 18.2 Å². The second kappa shape index (κ2) is 6.79. The Hall–Kier alpha value is -3.88. The average molecular weight is 368 g/mol. The highest BCUT2D eigenvalue weighted by Crippen LogP contribution is 2.24. The zero-order chi connectivity index (χ0) is 19.7. The van der Waals surface area contributed by atoms with Crippen LogP contribution >= 0.6 is 0 Å². The molecule has 0 saturated carbocycles. The first-order valence-corrected chi connectivity index (χ1v) is 7.94. The molecule has 1 amide bonds. The molecule has 3 aromatic rings. The molecule has 0 bridgehead atoms. The Kier molecular flexibility index (Phi) is 4.51. The van der Waals surface area contributed by atoms with Crippen LogP contribution in [0.3, 0.4) is 0 Å². The molecule has 3 rings (SSSR count). The van der Waals surface area contributed by atoms with Crippen molar-refractivity contribution in [3.8, 4) is 11.4 Å². The first-order chi connectivity index (χ1) is 12.8. The molecule has 0 aliphatic carbocycles. The van der Waals surface area contributed by atoms with Gasteiger partial charge in [0.2, 0.25) is 0 Å². The molecule has 0 unspecified atom stereocenters. The lowest BCUT2D eigenvalue weighted by atomic mass is 10.1. The smallest absolute Gasteiger partial charge is 0.295 e. The van der Waals surface area contributed by atoms with Gasteiger partial charge in [0.25, 0.3) is 17.2 Å². The van der Waals surface area contributed by atoms with E-state index in [-0.39, 0.29) is 16.9 Å². The van der Waals surface area contributed by atoms with Gasteiger partial charge in [0, 0.05) is 19.2 Å².